The third kappa shape index (κ3) is 4.40. The molecule has 0 saturated carbocycles. The number of anilines is 2. The number of benzene rings is 2. The topological polar surface area (TPSA) is 75.7 Å². The molecular formula is C20H15Cl3N2O4. The average Bonchev–Trinajstić information content (AvgIpc) is 2.92. The third-order valence-corrected chi connectivity index (χ3v) is 5.10. The smallest absolute Gasteiger partial charge is 0.338 e. The zero-order valence-electron chi connectivity index (χ0n) is 15.2. The highest BCUT2D eigenvalue weighted by atomic mass is 35.5. The lowest BCUT2D eigenvalue weighted by Gasteiger charge is -2.15. The van der Waals surface area contributed by atoms with Crippen molar-refractivity contribution in [3.63, 3.8) is 0 Å². The molecule has 29 heavy (non-hydrogen) atoms. The number of nitrogens with zero attached hydrogens (tertiary/aromatic N) is 1. The molecule has 0 saturated heterocycles. The van der Waals surface area contributed by atoms with Crippen molar-refractivity contribution < 1.29 is 19.1 Å². The van der Waals surface area contributed by atoms with Crippen molar-refractivity contribution >= 4 is 64.0 Å². The number of carbonyl (C=O) groups is 3. The Morgan fingerprint density at radius 2 is 1.69 bits per heavy atom. The summed E-state index contributed by atoms with van der Waals surface area (Å²) >= 11 is 18.0. The minimum atomic E-state index is -0.680. The maximum Gasteiger partial charge on any atom is 0.338 e. The summed E-state index contributed by atoms with van der Waals surface area (Å²) < 4.78 is 5.06. The number of hydrogen-bond donors (Lipinski definition) is 1. The second kappa shape index (κ2) is 8.86. The van der Waals surface area contributed by atoms with Crippen LogP contribution in [0.1, 0.15) is 23.7 Å². The lowest BCUT2D eigenvalue weighted by molar-refractivity contribution is -0.120. The van der Waals surface area contributed by atoms with E-state index in [2.05, 4.69) is 5.32 Å². The van der Waals surface area contributed by atoms with E-state index in [1.807, 2.05) is 6.92 Å². The van der Waals surface area contributed by atoms with E-state index >= 15 is 0 Å². The Kier molecular flexibility index (Phi) is 6.47. The number of rotatable bonds is 6. The maximum absolute atomic E-state index is 12.8. The molecule has 0 radical (unpaired) electrons. The van der Waals surface area contributed by atoms with Crippen LogP contribution in [0.5, 0.6) is 0 Å². The molecule has 1 heterocycles. The fraction of sp³-hybridized carbons (Fsp3) is 0.150. The molecule has 1 N–H and O–H groups in total. The van der Waals surface area contributed by atoms with E-state index < -0.39 is 17.8 Å². The average molecular weight is 454 g/mol. The van der Waals surface area contributed by atoms with E-state index in [-0.39, 0.29) is 21.4 Å². The fourth-order valence-corrected chi connectivity index (χ4v) is 3.10. The molecule has 1 aliphatic rings. The summed E-state index contributed by atoms with van der Waals surface area (Å²) in [5.74, 6) is -1.79. The Morgan fingerprint density at radius 1 is 1.00 bits per heavy atom. The van der Waals surface area contributed by atoms with E-state index in [0.29, 0.717) is 29.3 Å². The Hall–Kier alpha value is -2.54. The highest BCUT2D eigenvalue weighted by Gasteiger charge is 2.39. The highest BCUT2D eigenvalue weighted by molar-refractivity contribution is 6.53. The second-order valence-corrected chi connectivity index (χ2v) is 7.26. The van der Waals surface area contributed by atoms with Crippen molar-refractivity contribution in [2.45, 2.75) is 13.3 Å². The van der Waals surface area contributed by atoms with Crippen molar-refractivity contribution in [3.05, 3.63) is 68.8 Å². The Balaban J connectivity index is 1.80. The zero-order chi connectivity index (χ0) is 21.1. The minimum absolute atomic E-state index is 0.0820. The first kappa shape index (κ1) is 21.2. The van der Waals surface area contributed by atoms with Crippen LogP contribution in [-0.4, -0.2) is 24.4 Å². The van der Waals surface area contributed by atoms with Gasteiger partial charge in [0.05, 0.1) is 27.9 Å². The lowest BCUT2D eigenvalue weighted by atomic mass is 10.2. The molecule has 0 fully saturated rings. The van der Waals surface area contributed by atoms with Gasteiger partial charge in [0.2, 0.25) is 0 Å². The van der Waals surface area contributed by atoms with Crippen molar-refractivity contribution in [3.8, 4) is 0 Å². The van der Waals surface area contributed by atoms with Crippen molar-refractivity contribution in [2.24, 2.45) is 0 Å². The number of nitrogens with one attached hydrogen (secondary N) is 1. The van der Waals surface area contributed by atoms with Gasteiger partial charge in [0.25, 0.3) is 11.8 Å². The fourth-order valence-electron chi connectivity index (χ4n) is 2.59. The zero-order valence-corrected chi connectivity index (χ0v) is 17.4. The van der Waals surface area contributed by atoms with Crippen LogP contribution >= 0.6 is 34.8 Å². The number of esters is 1. The molecule has 0 aliphatic carbocycles. The van der Waals surface area contributed by atoms with Gasteiger partial charge in [-0.3, -0.25) is 9.59 Å². The first-order valence-corrected chi connectivity index (χ1v) is 9.74. The van der Waals surface area contributed by atoms with Gasteiger partial charge in [0, 0.05) is 5.69 Å². The molecule has 3 rings (SSSR count). The third-order valence-electron chi connectivity index (χ3n) is 4.01. The van der Waals surface area contributed by atoms with Crippen LogP contribution in [0, 0.1) is 0 Å². The van der Waals surface area contributed by atoms with Gasteiger partial charge in [-0.25, -0.2) is 9.69 Å². The normalized spacial score (nSPS) is 13.9. The van der Waals surface area contributed by atoms with Gasteiger partial charge in [-0.05, 0) is 48.9 Å². The monoisotopic (exact) mass is 452 g/mol. The van der Waals surface area contributed by atoms with Crippen LogP contribution in [0.2, 0.25) is 10.0 Å². The molecule has 9 heteroatoms. The summed E-state index contributed by atoms with van der Waals surface area (Å²) in [6, 6.07) is 10.6. The molecule has 2 aromatic carbocycles. The second-order valence-electron chi connectivity index (χ2n) is 6.07. The van der Waals surface area contributed by atoms with Crippen molar-refractivity contribution in [1.29, 1.82) is 0 Å². The van der Waals surface area contributed by atoms with Gasteiger partial charge in [-0.15, -0.1) is 0 Å². The van der Waals surface area contributed by atoms with Crippen LogP contribution in [0.15, 0.2) is 53.2 Å². The van der Waals surface area contributed by atoms with Crippen molar-refractivity contribution in [2.75, 3.05) is 16.8 Å². The van der Waals surface area contributed by atoms with Gasteiger partial charge in [-0.1, -0.05) is 41.7 Å². The predicted molar refractivity (Wildman–Crippen MR) is 112 cm³/mol. The van der Waals surface area contributed by atoms with Gasteiger partial charge in [-0.2, -0.15) is 0 Å². The molecular weight excluding hydrogens is 439 g/mol. The number of ether oxygens (including phenoxy) is 1. The summed E-state index contributed by atoms with van der Waals surface area (Å²) in [5, 5.41) is 3.19. The Morgan fingerprint density at radius 3 is 2.31 bits per heavy atom. The molecule has 0 aromatic heterocycles. The van der Waals surface area contributed by atoms with E-state index in [0.717, 1.165) is 4.90 Å². The van der Waals surface area contributed by atoms with E-state index in [1.165, 1.54) is 30.3 Å². The van der Waals surface area contributed by atoms with Crippen LogP contribution in [-0.2, 0) is 14.3 Å². The summed E-state index contributed by atoms with van der Waals surface area (Å²) in [7, 11) is 0. The quantitative estimate of drug-likeness (QED) is 0.492. The summed E-state index contributed by atoms with van der Waals surface area (Å²) in [5.41, 5.74) is 0.955. The standard InChI is InChI=1S/C20H15Cl3N2O4/c1-2-9-29-20(28)11-3-6-13(7-4-11)25-18(26)16(23)17(19(25)27)24-12-5-8-14(21)15(22)10-12/h3-8,10,24H,2,9H2,1H3. The number of amides is 2. The van der Waals surface area contributed by atoms with Gasteiger partial charge in [0.15, 0.2) is 0 Å². The molecule has 6 nitrogen and oxygen atoms in total. The molecule has 0 unspecified atom stereocenters. The predicted octanol–water partition coefficient (Wildman–Crippen LogP) is 5.00. The number of hydrogen-bond acceptors (Lipinski definition) is 5. The van der Waals surface area contributed by atoms with Crippen molar-refractivity contribution in [1.82, 2.24) is 0 Å². The number of halogens is 3. The molecule has 0 atom stereocenters. The molecule has 0 bridgehead atoms. The summed E-state index contributed by atoms with van der Waals surface area (Å²) in [6.45, 7) is 2.20. The van der Waals surface area contributed by atoms with Gasteiger partial charge >= 0.3 is 5.97 Å². The summed E-state index contributed by atoms with van der Waals surface area (Å²) in [4.78, 5) is 38.1. The number of imide groups is 1. The van der Waals surface area contributed by atoms with Crippen LogP contribution < -0.4 is 10.2 Å². The molecule has 2 amide bonds. The maximum atomic E-state index is 12.8. The van der Waals surface area contributed by atoms with E-state index in [4.69, 9.17) is 39.5 Å². The largest absolute Gasteiger partial charge is 0.462 e. The van der Waals surface area contributed by atoms with Gasteiger partial charge in [0.1, 0.15) is 10.7 Å². The minimum Gasteiger partial charge on any atom is -0.462 e. The first-order chi connectivity index (χ1) is 13.8. The SMILES string of the molecule is CCCOC(=O)c1ccc(N2C(=O)C(Cl)=C(Nc3ccc(Cl)c(Cl)c3)C2=O)cc1. The Bertz CT molecular complexity index is 1020. The van der Waals surface area contributed by atoms with Crippen LogP contribution in [0.25, 0.3) is 0 Å². The first-order valence-electron chi connectivity index (χ1n) is 8.61. The molecule has 1 aliphatic heterocycles. The molecule has 0 spiro atoms. The molecule has 2 aromatic rings. The Labute approximate surface area is 182 Å². The van der Waals surface area contributed by atoms with Crippen LogP contribution in [0.3, 0.4) is 0 Å². The van der Waals surface area contributed by atoms with Gasteiger partial charge < -0.3 is 10.1 Å². The lowest BCUT2D eigenvalue weighted by Crippen LogP contribution is -2.32. The van der Waals surface area contributed by atoms with Crippen LogP contribution in [0.4, 0.5) is 11.4 Å². The number of carbonyl (C=O) groups excluding carboxylic acids is 3. The van der Waals surface area contributed by atoms with E-state index in [9.17, 15) is 14.4 Å². The summed E-state index contributed by atoms with van der Waals surface area (Å²) in [6.07, 6.45) is 0.708. The molecule has 150 valence electrons. The highest BCUT2D eigenvalue weighted by Crippen LogP contribution is 2.32. The van der Waals surface area contributed by atoms with E-state index in [1.54, 1.807) is 12.1 Å².